The van der Waals surface area contributed by atoms with Crippen molar-refractivity contribution in [2.45, 2.75) is 30.6 Å². The predicted octanol–water partition coefficient (Wildman–Crippen LogP) is 0.630. The summed E-state index contributed by atoms with van der Waals surface area (Å²) in [6.45, 7) is 0.693. The van der Waals surface area contributed by atoms with Crippen molar-refractivity contribution in [1.82, 2.24) is 0 Å². The lowest BCUT2D eigenvalue weighted by molar-refractivity contribution is -0.142. The Hall–Kier alpha value is 0.310. The normalized spacial score (nSPS) is 19.5. The van der Waals surface area contributed by atoms with Crippen molar-refractivity contribution in [3.8, 4) is 0 Å². The Balaban J connectivity index is 4.02. The monoisotopic (exact) mass is 212 g/mol. The van der Waals surface area contributed by atoms with E-state index in [9.17, 15) is 13.2 Å². The Labute approximate surface area is 80.8 Å². The molecule has 0 aliphatic rings. The summed E-state index contributed by atoms with van der Waals surface area (Å²) in [6.07, 6.45) is -0.341. The summed E-state index contributed by atoms with van der Waals surface area (Å²) in [5.74, 6) is -3.41. The fourth-order valence-corrected chi connectivity index (χ4v) is 0.568. The van der Waals surface area contributed by atoms with Crippen molar-refractivity contribution in [3.63, 3.8) is 0 Å². The molecule has 3 atom stereocenters. The molecule has 0 rings (SSSR count). The van der Waals surface area contributed by atoms with Gasteiger partial charge in [-0.25, -0.2) is 13.2 Å². The van der Waals surface area contributed by atoms with Crippen LogP contribution in [0.1, 0.15) is 6.92 Å². The van der Waals surface area contributed by atoms with Gasteiger partial charge in [-0.15, -0.1) is 0 Å². The molecule has 76 valence electrons. The summed E-state index contributed by atoms with van der Waals surface area (Å²) < 4.78 is 43.1. The number of halogens is 3. The second-order valence-electron chi connectivity index (χ2n) is 3.35. The van der Waals surface area contributed by atoms with E-state index in [1.165, 1.54) is 7.85 Å². The van der Waals surface area contributed by atoms with Gasteiger partial charge in [0.25, 0.3) is 5.92 Å². The minimum absolute atomic E-state index is 0.341. The van der Waals surface area contributed by atoms with Gasteiger partial charge in [-0.3, -0.25) is 0 Å². The molecule has 0 aromatic carbocycles. The molecule has 0 fully saturated rings. The van der Waals surface area contributed by atoms with Gasteiger partial charge in [-0.05, 0) is 12.1 Å². The molecule has 0 N–H and O–H groups in total. The minimum atomic E-state index is -2.94. The van der Waals surface area contributed by atoms with Crippen LogP contribution in [0.5, 0.6) is 0 Å². The van der Waals surface area contributed by atoms with Crippen LogP contribution in [0, 0.1) is 0 Å². The fourth-order valence-electron chi connectivity index (χ4n) is 0.485. The lowest BCUT2D eigenvalue weighted by atomic mass is 9.89. The first-order chi connectivity index (χ1) is 5.71. The van der Waals surface area contributed by atoms with Crippen molar-refractivity contribution in [2.24, 2.45) is 0 Å². The van der Waals surface area contributed by atoms with Gasteiger partial charge in [0.1, 0.15) is 22.3 Å². The standard InChI is InChI=1S/C6H14B2F3OP/c1-4(8)6(11,13)12-3-5(9,10)2-7/h4H,2-3,7-8,13H2,1H3. The van der Waals surface area contributed by atoms with Gasteiger partial charge < -0.3 is 4.74 Å². The molecule has 0 aliphatic carbocycles. The van der Waals surface area contributed by atoms with E-state index in [0.29, 0.717) is 0 Å². The molecule has 0 heterocycles. The number of hydrogen-bond acceptors (Lipinski definition) is 1. The highest BCUT2D eigenvalue weighted by Gasteiger charge is 2.34. The summed E-state index contributed by atoms with van der Waals surface area (Å²) >= 11 is 0. The van der Waals surface area contributed by atoms with Crippen LogP contribution in [0.25, 0.3) is 0 Å². The highest BCUT2D eigenvalue weighted by atomic mass is 31.0. The van der Waals surface area contributed by atoms with Crippen molar-refractivity contribution in [2.75, 3.05) is 6.61 Å². The predicted molar refractivity (Wildman–Crippen MR) is 55.8 cm³/mol. The van der Waals surface area contributed by atoms with Crippen LogP contribution in [0.4, 0.5) is 13.2 Å². The van der Waals surface area contributed by atoms with Gasteiger partial charge in [0.2, 0.25) is 5.60 Å². The van der Waals surface area contributed by atoms with Crippen LogP contribution < -0.4 is 0 Å². The smallest absolute Gasteiger partial charge is 0.264 e. The molecule has 0 bridgehead atoms. The zero-order chi connectivity index (χ0) is 10.7. The van der Waals surface area contributed by atoms with Gasteiger partial charge in [-0.2, -0.15) is 0 Å². The van der Waals surface area contributed by atoms with Crippen LogP contribution >= 0.6 is 9.24 Å². The average molecular weight is 212 g/mol. The van der Waals surface area contributed by atoms with Crippen molar-refractivity contribution in [3.05, 3.63) is 0 Å². The second-order valence-corrected chi connectivity index (χ2v) is 4.14. The first-order valence-corrected chi connectivity index (χ1v) is 4.78. The summed E-state index contributed by atoms with van der Waals surface area (Å²) in [4.78, 5) is 0. The van der Waals surface area contributed by atoms with Crippen LogP contribution in [-0.2, 0) is 4.74 Å². The van der Waals surface area contributed by atoms with Crippen LogP contribution in [0.2, 0.25) is 12.1 Å². The fraction of sp³-hybridized carbons (Fsp3) is 1.00. The summed E-state index contributed by atoms with van der Waals surface area (Å²) in [5, 5.41) is 0. The Kier molecular flexibility index (Phi) is 4.81. The largest absolute Gasteiger partial charge is 0.337 e. The molecule has 0 amide bonds. The first-order valence-electron chi connectivity index (χ1n) is 4.21. The SMILES string of the molecule is BCC(F)(F)COC(F)(P)C(B)C. The molecule has 1 nitrogen and oxygen atoms in total. The molecule has 0 saturated carbocycles. The van der Waals surface area contributed by atoms with Crippen molar-refractivity contribution < 1.29 is 17.9 Å². The van der Waals surface area contributed by atoms with E-state index in [0.717, 1.165) is 0 Å². The molecule has 0 spiro atoms. The van der Waals surface area contributed by atoms with Crippen LogP contribution in [-0.4, -0.2) is 33.8 Å². The maximum atomic E-state index is 13.3. The number of rotatable bonds is 5. The van der Waals surface area contributed by atoms with E-state index in [2.05, 4.69) is 4.74 Å². The quantitative estimate of drug-likeness (QED) is 0.479. The zero-order valence-corrected chi connectivity index (χ0v) is 9.27. The molecule has 13 heavy (non-hydrogen) atoms. The third-order valence-corrected chi connectivity index (χ3v) is 2.64. The maximum absolute atomic E-state index is 13.3. The van der Waals surface area contributed by atoms with E-state index in [4.69, 9.17) is 0 Å². The Bertz CT molecular complexity index is 166. The molecule has 0 radical (unpaired) electrons. The minimum Gasteiger partial charge on any atom is -0.337 e. The van der Waals surface area contributed by atoms with E-state index in [-0.39, 0.29) is 6.32 Å². The maximum Gasteiger partial charge on any atom is 0.264 e. The Morgan fingerprint density at radius 1 is 1.46 bits per heavy atom. The third kappa shape index (κ3) is 4.92. The zero-order valence-electron chi connectivity index (χ0n) is 8.11. The van der Waals surface area contributed by atoms with Crippen LogP contribution in [0.3, 0.4) is 0 Å². The van der Waals surface area contributed by atoms with Crippen LogP contribution in [0.15, 0.2) is 0 Å². The summed E-state index contributed by atoms with van der Waals surface area (Å²) in [7, 11) is 4.71. The molecule has 0 saturated heterocycles. The lowest BCUT2D eigenvalue weighted by Crippen LogP contribution is -2.32. The average Bonchev–Trinajstić information content (AvgIpc) is 2.01. The molecular weight excluding hydrogens is 198 g/mol. The van der Waals surface area contributed by atoms with E-state index in [1.807, 2.05) is 9.24 Å². The van der Waals surface area contributed by atoms with Gasteiger partial charge in [-0.1, -0.05) is 16.2 Å². The van der Waals surface area contributed by atoms with Crippen molar-refractivity contribution >= 4 is 24.9 Å². The van der Waals surface area contributed by atoms with Gasteiger partial charge in [0.15, 0.2) is 0 Å². The van der Waals surface area contributed by atoms with Gasteiger partial charge in [0.05, 0.1) is 0 Å². The molecular formula is C6H14B2F3OP. The number of hydrogen-bond donors (Lipinski definition) is 0. The molecule has 0 aliphatic heterocycles. The summed E-state index contributed by atoms with van der Waals surface area (Å²) in [5.41, 5.74) is -2.06. The molecule has 7 heteroatoms. The Morgan fingerprint density at radius 3 is 2.23 bits per heavy atom. The van der Waals surface area contributed by atoms with E-state index >= 15 is 0 Å². The lowest BCUT2D eigenvalue weighted by Gasteiger charge is -2.27. The van der Waals surface area contributed by atoms with Gasteiger partial charge in [0, 0.05) is 0 Å². The second kappa shape index (κ2) is 4.70. The Morgan fingerprint density at radius 2 is 1.92 bits per heavy atom. The highest BCUT2D eigenvalue weighted by Crippen LogP contribution is 2.35. The van der Waals surface area contributed by atoms with E-state index < -0.39 is 23.9 Å². The molecule has 0 aromatic heterocycles. The summed E-state index contributed by atoms with van der Waals surface area (Å²) in [6, 6.07) is 0. The van der Waals surface area contributed by atoms with Gasteiger partial charge >= 0.3 is 0 Å². The first kappa shape index (κ1) is 13.3. The molecule has 3 unspecified atom stereocenters. The third-order valence-electron chi connectivity index (χ3n) is 1.81. The molecule has 0 aromatic rings. The van der Waals surface area contributed by atoms with E-state index in [1.54, 1.807) is 14.8 Å². The number of alkyl halides is 3. The highest BCUT2D eigenvalue weighted by molar-refractivity contribution is 7.18. The topological polar surface area (TPSA) is 9.23 Å². The van der Waals surface area contributed by atoms with Crippen molar-refractivity contribution in [1.29, 1.82) is 0 Å². The number of ether oxygens (including phenoxy) is 1.